The van der Waals surface area contributed by atoms with Gasteiger partial charge >= 0.3 is 0 Å². The first-order valence-corrected chi connectivity index (χ1v) is 12.6. The van der Waals surface area contributed by atoms with Crippen LogP contribution in [0.4, 0.5) is 0 Å². The van der Waals surface area contributed by atoms with Crippen LogP contribution in [0.2, 0.25) is 0 Å². The second-order valence-electron chi connectivity index (χ2n) is 8.29. The molecule has 0 saturated heterocycles. The van der Waals surface area contributed by atoms with Crippen LogP contribution < -0.4 is 10.1 Å². The van der Waals surface area contributed by atoms with Crippen molar-refractivity contribution in [2.45, 2.75) is 43.3 Å². The van der Waals surface area contributed by atoms with Crippen LogP contribution in [0.5, 0.6) is 5.75 Å². The van der Waals surface area contributed by atoms with Crippen molar-refractivity contribution in [3.63, 3.8) is 0 Å². The minimum absolute atomic E-state index is 0.0391. The van der Waals surface area contributed by atoms with Crippen molar-refractivity contribution in [3.8, 4) is 17.1 Å². The van der Waals surface area contributed by atoms with Gasteiger partial charge in [0.05, 0.1) is 24.0 Å². The molecule has 0 spiro atoms. The van der Waals surface area contributed by atoms with Crippen molar-refractivity contribution in [1.29, 1.82) is 0 Å². The summed E-state index contributed by atoms with van der Waals surface area (Å²) in [6, 6.07) is 28.0. The van der Waals surface area contributed by atoms with E-state index in [9.17, 15) is 4.79 Å². The van der Waals surface area contributed by atoms with E-state index >= 15 is 0 Å². The fourth-order valence-corrected chi connectivity index (χ4v) is 4.74. The molecule has 1 heterocycles. The van der Waals surface area contributed by atoms with Gasteiger partial charge in [-0.05, 0) is 43.5 Å². The van der Waals surface area contributed by atoms with Crippen LogP contribution in [0.15, 0.2) is 90.1 Å². The van der Waals surface area contributed by atoms with Gasteiger partial charge < -0.3 is 14.6 Å². The molecule has 1 aromatic heterocycles. The molecule has 0 aliphatic rings. The summed E-state index contributed by atoms with van der Waals surface area (Å²) < 4.78 is 7.66. The van der Waals surface area contributed by atoms with Crippen molar-refractivity contribution >= 4 is 17.7 Å². The number of aryl methyl sites for hydroxylation is 1. The van der Waals surface area contributed by atoms with E-state index in [0.29, 0.717) is 11.7 Å². The molecule has 4 aromatic rings. The molecule has 180 valence electrons. The number of rotatable bonds is 10. The maximum absolute atomic E-state index is 13.0. The molecule has 6 nitrogen and oxygen atoms in total. The summed E-state index contributed by atoms with van der Waals surface area (Å²) in [6.07, 6.45) is 0.820. The SMILES string of the molecule is COc1ccccc1-c1nnc(SC(C)C(=O)NC(C)c2ccccc2)n1CCc1ccccc1. The fourth-order valence-electron chi connectivity index (χ4n) is 3.86. The molecule has 0 bridgehead atoms. The van der Waals surface area contributed by atoms with Gasteiger partial charge in [0.25, 0.3) is 0 Å². The molecule has 0 aliphatic carbocycles. The third-order valence-corrected chi connectivity index (χ3v) is 6.92. The summed E-state index contributed by atoms with van der Waals surface area (Å²) >= 11 is 1.42. The number of carbonyl (C=O) groups excluding carboxylic acids is 1. The van der Waals surface area contributed by atoms with Crippen LogP contribution in [0, 0.1) is 0 Å². The Bertz CT molecular complexity index is 1240. The maximum Gasteiger partial charge on any atom is 0.233 e. The fraction of sp³-hybridized carbons (Fsp3) is 0.250. The Labute approximate surface area is 210 Å². The number of benzene rings is 3. The van der Waals surface area contributed by atoms with Crippen LogP contribution in [0.3, 0.4) is 0 Å². The van der Waals surface area contributed by atoms with Crippen molar-refractivity contribution < 1.29 is 9.53 Å². The number of nitrogens with zero attached hydrogens (tertiary/aromatic N) is 3. The summed E-state index contributed by atoms with van der Waals surface area (Å²) in [5, 5.41) is 12.5. The van der Waals surface area contributed by atoms with Gasteiger partial charge in [-0.3, -0.25) is 4.79 Å². The molecule has 0 saturated carbocycles. The quantitative estimate of drug-likeness (QED) is 0.298. The summed E-state index contributed by atoms with van der Waals surface area (Å²) in [4.78, 5) is 13.0. The zero-order valence-electron chi connectivity index (χ0n) is 20.2. The highest BCUT2D eigenvalue weighted by Gasteiger charge is 2.23. The monoisotopic (exact) mass is 486 g/mol. The Morgan fingerprint density at radius 3 is 2.31 bits per heavy atom. The lowest BCUT2D eigenvalue weighted by Gasteiger charge is -2.18. The van der Waals surface area contributed by atoms with Crippen molar-refractivity contribution in [1.82, 2.24) is 20.1 Å². The van der Waals surface area contributed by atoms with E-state index in [1.165, 1.54) is 17.3 Å². The lowest BCUT2D eigenvalue weighted by Crippen LogP contribution is -2.33. The van der Waals surface area contributed by atoms with Crippen molar-refractivity contribution in [2.24, 2.45) is 0 Å². The van der Waals surface area contributed by atoms with E-state index in [1.54, 1.807) is 7.11 Å². The molecule has 3 aromatic carbocycles. The number of para-hydroxylation sites is 1. The number of thioether (sulfide) groups is 1. The third-order valence-electron chi connectivity index (χ3n) is 5.84. The van der Waals surface area contributed by atoms with Gasteiger partial charge in [0.2, 0.25) is 5.91 Å². The van der Waals surface area contributed by atoms with Gasteiger partial charge in [0, 0.05) is 6.54 Å². The molecule has 0 fully saturated rings. The third kappa shape index (κ3) is 6.11. The van der Waals surface area contributed by atoms with E-state index in [2.05, 4.69) is 32.2 Å². The van der Waals surface area contributed by atoms with E-state index in [1.807, 2.05) is 86.6 Å². The van der Waals surface area contributed by atoms with Crippen LogP contribution in [0.25, 0.3) is 11.4 Å². The second kappa shape index (κ2) is 11.7. The summed E-state index contributed by atoms with van der Waals surface area (Å²) in [5.74, 6) is 1.42. The minimum atomic E-state index is -0.341. The summed E-state index contributed by atoms with van der Waals surface area (Å²) in [5.41, 5.74) is 3.17. The van der Waals surface area contributed by atoms with Crippen LogP contribution in [0.1, 0.15) is 31.0 Å². The molecular formula is C28H30N4O2S. The average molecular weight is 487 g/mol. The lowest BCUT2D eigenvalue weighted by atomic mass is 10.1. The second-order valence-corrected chi connectivity index (χ2v) is 9.60. The smallest absolute Gasteiger partial charge is 0.233 e. The zero-order chi connectivity index (χ0) is 24.6. The Morgan fingerprint density at radius 2 is 1.60 bits per heavy atom. The van der Waals surface area contributed by atoms with Crippen molar-refractivity contribution in [3.05, 3.63) is 96.1 Å². The first kappa shape index (κ1) is 24.5. The van der Waals surface area contributed by atoms with E-state index in [4.69, 9.17) is 4.74 Å². The average Bonchev–Trinajstić information content (AvgIpc) is 3.30. The molecule has 4 rings (SSSR count). The van der Waals surface area contributed by atoms with E-state index in [0.717, 1.165) is 29.1 Å². The van der Waals surface area contributed by atoms with E-state index < -0.39 is 0 Å². The highest BCUT2D eigenvalue weighted by molar-refractivity contribution is 8.00. The number of aromatic nitrogens is 3. The van der Waals surface area contributed by atoms with Gasteiger partial charge in [-0.2, -0.15) is 0 Å². The number of carbonyl (C=O) groups is 1. The Hall–Kier alpha value is -3.58. The first-order chi connectivity index (χ1) is 17.1. The number of methoxy groups -OCH3 is 1. The van der Waals surface area contributed by atoms with Crippen LogP contribution in [-0.2, 0) is 17.8 Å². The molecule has 1 N–H and O–H groups in total. The van der Waals surface area contributed by atoms with Gasteiger partial charge in [-0.15, -0.1) is 10.2 Å². The molecule has 0 radical (unpaired) electrons. The van der Waals surface area contributed by atoms with Gasteiger partial charge in [-0.1, -0.05) is 84.6 Å². The number of nitrogens with one attached hydrogen (secondary N) is 1. The molecule has 35 heavy (non-hydrogen) atoms. The molecule has 1 amide bonds. The number of hydrogen-bond donors (Lipinski definition) is 1. The molecule has 0 aliphatic heterocycles. The molecule has 2 atom stereocenters. The number of hydrogen-bond acceptors (Lipinski definition) is 5. The van der Waals surface area contributed by atoms with E-state index in [-0.39, 0.29) is 17.2 Å². The topological polar surface area (TPSA) is 69.0 Å². The highest BCUT2D eigenvalue weighted by Crippen LogP contribution is 2.32. The Morgan fingerprint density at radius 1 is 0.943 bits per heavy atom. The number of amides is 1. The largest absolute Gasteiger partial charge is 0.496 e. The Kier molecular flexibility index (Phi) is 8.21. The summed E-state index contributed by atoms with van der Waals surface area (Å²) in [7, 11) is 1.65. The predicted molar refractivity (Wildman–Crippen MR) is 140 cm³/mol. The molecular weight excluding hydrogens is 456 g/mol. The molecule has 7 heteroatoms. The summed E-state index contributed by atoms with van der Waals surface area (Å²) in [6.45, 7) is 4.57. The van der Waals surface area contributed by atoms with Gasteiger partial charge in [0.1, 0.15) is 5.75 Å². The zero-order valence-corrected chi connectivity index (χ0v) is 21.0. The Balaban J connectivity index is 1.56. The standard InChI is InChI=1S/C28H30N4O2S/c1-20(23-14-8-5-9-15-23)29-27(33)21(2)35-28-31-30-26(24-16-10-11-17-25(24)34-3)32(28)19-18-22-12-6-4-7-13-22/h4-17,20-21H,18-19H2,1-3H3,(H,29,33). The van der Waals surface area contributed by atoms with Gasteiger partial charge in [-0.25, -0.2) is 0 Å². The highest BCUT2D eigenvalue weighted by atomic mass is 32.2. The van der Waals surface area contributed by atoms with Crippen LogP contribution in [-0.4, -0.2) is 33.0 Å². The lowest BCUT2D eigenvalue weighted by molar-refractivity contribution is -0.120. The maximum atomic E-state index is 13.0. The normalized spacial score (nSPS) is 12.7. The first-order valence-electron chi connectivity index (χ1n) is 11.7. The minimum Gasteiger partial charge on any atom is -0.496 e. The predicted octanol–water partition coefficient (Wildman–Crippen LogP) is 5.55. The van der Waals surface area contributed by atoms with Gasteiger partial charge in [0.15, 0.2) is 11.0 Å². The van der Waals surface area contributed by atoms with Crippen LogP contribution >= 0.6 is 11.8 Å². The molecule has 2 unspecified atom stereocenters. The number of ether oxygens (including phenoxy) is 1. The van der Waals surface area contributed by atoms with Crippen molar-refractivity contribution in [2.75, 3.05) is 7.11 Å².